The summed E-state index contributed by atoms with van der Waals surface area (Å²) < 4.78 is 21.9. The predicted molar refractivity (Wildman–Crippen MR) is 110 cm³/mol. The van der Waals surface area contributed by atoms with Crippen LogP contribution >= 0.6 is 0 Å². The van der Waals surface area contributed by atoms with Crippen molar-refractivity contribution in [3.05, 3.63) is 64.2 Å². The van der Waals surface area contributed by atoms with Crippen molar-refractivity contribution in [3.8, 4) is 17.2 Å². The molecule has 1 aliphatic rings. The second-order valence-corrected chi connectivity index (χ2v) is 6.63. The van der Waals surface area contributed by atoms with E-state index in [2.05, 4.69) is 9.97 Å². The molecule has 2 aromatic carbocycles. The molecule has 1 atom stereocenters. The Morgan fingerprint density at radius 2 is 2.03 bits per heavy atom. The van der Waals surface area contributed by atoms with Crippen molar-refractivity contribution in [2.45, 2.75) is 13.0 Å². The highest BCUT2D eigenvalue weighted by Gasteiger charge is 2.18. The van der Waals surface area contributed by atoms with Crippen LogP contribution in [0, 0.1) is 0 Å². The molecule has 4 rings (SSSR count). The molecule has 1 aromatic heterocycles. The van der Waals surface area contributed by atoms with Crippen molar-refractivity contribution in [2.24, 2.45) is 0 Å². The van der Waals surface area contributed by atoms with E-state index in [1.807, 2.05) is 0 Å². The molecule has 8 nitrogen and oxygen atoms in total. The van der Waals surface area contributed by atoms with Crippen molar-refractivity contribution in [1.29, 1.82) is 0 Å². The smallest absolute Gasteiger partial charge is 0.331 e. The van der Waals surface area contributed by atoms with Crippen molar-refractivity contribution < 1.29 is 23.7 Å². The molecule has 3 aromatic rings. The van der Waals surface area contributed by atoms with E-state index in [1.165, 1.54) is 13.2 Å². The van der Waals surface area contributed by atoms with Crippen molar-refractivity contribution in [3.63, 3.8) is 0 Å². The van der Waals surface area contributed by atoms with Crippen molar-refractivity contribution in [1.82, 2.24) is 9.97 Å². The van der Waals surface area contributed by atoms with Crippen LogP contribution in [-0.4, -0.2) is 36.3 Å². The monoisotopic (exact) mass is 408 g/mol. The third-order valence-electron chi connectivity index (χ3n) is 4.57. The second kappa shape index (κ2) is 8.28. The van der Waals surface area contributed by atoms with E-state index in [0.717, 1.165) is 0 Å². The van der Waals surface area contributed by atoms with Gasteiger partial charge < -0.3 is 23.9 Å². The Bertz CT molecular complexity index is 1170. The van der Waals surface area contributed by atoms with Crippen LogP contribution in [0.4, 0.5) is 0 Å². The number of nitrogens with zero attached hydrogens (tertiary/aromatic N) is 1. The van der Waals surface area contributed by atoms with Gasteiger partial charge in [-0.05, 0) is 42.8 Å². The maximum Gasteiger partial charge on any atom is 0.331 e. The number of carbonyl (C=O) groups excluding carboxylic acids is 1. The average molecular weight is 408 g/mol. The molecule has 0 saturated carbocycles. The number of esters is 1. The first-order valence-corrected chi connectivity index (χ1v) is 9.40. The highest BCUT2D eigenvalue weighted by atomic mass is 16.6. The molecule has 30 heavy (non-hydrogen) atoms. The minimum absolute atomic E-state index is 0.279. The van der Waals surface area contributed by atoms with Gasteiger partial charge in [-0.25, -0.2) is 9.78 Å². The highest BCUT2D eigenvalue weighted by molar-refractivity contribution is 5.87. The normalized spacial score (nSPS) is 13.9. The lowest BCUT2D eigenvalue weighted by atomic mass is 10.1. The van der Waals surface area contributed by atoms with Gasteiger partial charge in [-0.2, -0.15) is 0 Å². The average Bonchev–Trinajstić information content (AvgIpc) is 2.77. The fraction of sp³-hybridized carbons (Fsp3) is 0.227. The summed E-state index contributed by atoms with van der Waals surface area (Å²) in [6.07, 6.45) is 2.15. The van der Waals surface area contributed by atoms with Crippen LogP contribution in [-0.2, 0) is 9.53 Å². The van der Waals surface area contributed by atoms with Gasteiger partial charge >= 0.3 is 5.97 Å². The summed E-state index contributed by atoms with van der Waals surface area (Å²) in [5.74, 6) is 1.32. The fourth-order valence-corrected chi connectivity index (χ4v) is 3.12. The fourth-order valence-electron chi connectivity index (χ4n) is 3.12. The van der Waals surface area contributed by atoms with Gasteiger partial charge in [0.25, 0.3) is 5.56 Å². The minimum atomic E-state index is -0.728. The topological polar surface area (TPSA) is 99.7 Å². The lowest BCUT2D eigenvalue weighted by molar-refractivity contribution is -0.142. The van der Waals surface area contributed by atoms with Crippen LogP contribution in [0.15, 0.2) is 47.3 Å². The summed E-state index contributed by atoms with van der Waals surface area (Å²) in [5.41, 5.74) is 0.952. The number of H-pyrrole nitrogens is 1. The number of ether oxygens (including phenoxy) is 4. The molecule has 0 bridgehead atoms. The van der Waals surface area contributed by atoms with E-state index >= 15 is 0 Å². The lowest BCUT2D eigenvalue weighted by Crippen LogP contribution is -2.16. The van der Waals surface area contributed by atoms with Gasteiger partial charge in [0.1, 0.15) is 13.2 Å². The molecule has 1 N–H and O–H groups in total. The summed E-state index contributed by atoms with van der Waals surface area (Å²) in [4.78, 5) is 31.5. The van der Waals surface area contributed by atoms with E-state index in [1.54, 1.807) is 49.4 Å². The number of hydrogen-bond donors (Lipinski definition) is 1. The molecule has 154 valence electrons. The number of para-hydroxylation sites is 1. The van der Waals surface area contributed by atoms with Crippen LogP contribution in [0.2, 0.25) is 0 Å². The maximum absolute atomic E-state index is 12.3. The van der Waals surface area contributed by atoms with Crippen LogP contribution in [0.3, 0.4) is 0 Å². The number of benzene rings is 2. The first kappa shape index (κ1) is 19.5. The number of carbonyl (C=O) groups is 1. The Morgan fingerprint density at radius 1 is 1.23 bits per heavy atom. The predicted octanol–water partition coefficient (Wildman–Crippen LogP) is 3.02. The van der Waals surface area contributed by atoms with E-state index in [-0.39, 0.29) is 11.4 Å². The van der Waals surface area contributed by atoms with Gasteiger partial charge in [-0.1, -0.05) is 12.1 Å². The Labute approximate surface area is 172 Å². The maximum atomic E-state index is 12.3. The molecule has 0 radical (unpaired) electrons. The quantitative estimate of drug-likeness (QED) is 0.512. The van der Waals surface area contributed by atoms with Crippen molar-refractivity contribution >= 4 is 22.9 Å². The van der Waals surface area contributed by atoms with Gasteiger partial charge in [-0.15, -0.1) is 0 Å². The van der Waals surface area contributed by atoms with Gasteiger partial charge in [0.15, 0.2) is 23.4 Å². The molecule has 0 aliphatic carbocycles. The number of nitrogens with one attached hydrogen (secondary N) is 1. The van der Waals surface area contributed by atoms with Crippen LogP contribution in [0.1, 0.15) is 24.4 Å². The zero-order chi connectivity index (χ0) is 21.1. The summed E-state index contributed by atoms with van der Waals surface area (Å²) in [6, 6.07) is 10.5. The van der Waals surface area contributed by atoms with Gasteiger partial charge in [-0.3, -0.25) is 4.79 Å². The first-order valence-electron chi connectivity index (χ1n) is 9.40. The van der Waals surface area contributed by atoms with E-state index in [4.69, 9.17) is 18.9 Å². The van der Waals surface area contributed by atoms with E-state index in [0.29, 0.717) is 46.9 Å². The number of methoxy groups -OCH3 is 1. The molecular formula is C22H20N2O6. The van der Waals surface area contributed by atoms with Crippen LogP contribution in [0.25, 0.3) is 17.0 Å². The Morgan fingerprint density at radius 3 is 2.87 bits per heavy atom. The molecule has 2 heterocycles. The van der Waals surface area contributed by atoms with Gasteiger partial charge in [0.05, 0.1) is 18.0 Å². The third-order valence-corrected chi connectivity index (χ3v) is 4.57. The second-order valence-electron chi connectivity index (χ2n) is 6.63. The Kier molecular flexibility index (Phi) is 5.38. The Balaban J connectivity index is 1.49. The summed E-state index contributed by atoms with van der Waals surface area (Å²) in [6.45, 7) is 2.54. The number of aromatic nitrogens is 2. The molecule has 8 heteroatoms. The number of hydrogen-bond acceptors (Lipinski definition) is 7. The summed E-state index contributed by atoms with van der Waals surface area (Å²) in [7, 11) is 1.54. The molecule has 0 unspecified atom stereocenters. The number of aromatic amines is 1. The molecule has 0 saturated heterocycles. The largest absolute Gasteiger partial charge is 0.493 e. The molecule has 0 spiro atoms. The molecule has 1 aliphatic heterocycles. The molecule has 0 fully saturated rings. The Hall–Kier alpha value is -3.81. The van der Waals surface area contributed by atoms with Crippen molar-refractivity contribution in [2.75, 3.05) is 20.3 Å². The highest BCUT2D eigenvalue weighted by Crippen LogP contribution is 2.40. The standard InChI is InChI=1S/C22H20N2O6/c1-13(21-23-16-6-4-3-5-15(16)22(26)24-21)30-19(25)8-7-14-11-17(27-2)20-18(12-14)28-9-10-29-20/h3-8,11-13H,9-10H2,1-2H3,(H,23,24,26)/b8-7+/t13-/m1/s1. The van der Waals surface area contributed by atoms with Gasteiger partial charge in [0, 0.05) is 6.08 Å². The third kappa shape index (κ3) is 3.98. The summed E-state index contributed by atoms with van der Waals surface area (Å²) >= 11 is 0. The van der Waals surface area contributed by atoms with E-state index < -0.39 is 12.1 Å². The zero-order valence-electron chi connectivity index (χ0n) is 16.5. The number of rotatable bonds is 5. The van der Waals surface area contributed by atoms with Crippen LogP contribution in [0.5, 0.6) is 17.2 Å². The van der Waals surface area contributed by atoms with E-state index in [9.17, 15) is 9.59 Å². The zero-order valence-corrected chi connectivity index (χ0v) is 16.5. The SMILES string of the molecule is COc1cc(/C=C/C(=O)O[C@H](C)c2nc3ccccc3c(=O)[nH]2)cc2c1OCCO2. The lowest BCUT2D eigenvalue weighted by Gasteiger charge is -2.20. The molecular weight excluding hydrogens is 388 g/mol. The van der Waals surface area contributed by atoms with Crippen LogP contribution < -0.4 is 19.8 Å². The number of fused-ring (bicyclic) bond motifs is 2. The summed E-state index contributed by atoms with van der Waals surface area (Å²) in [5, 5.41) is 0.479. The minimum Gasteiger partial charge on any atom is -0.493 e. The van der Waals surface area contributed by atoms with Gasteiger partial charge in [0.2, 0.25) is 5.75 Å². The first-order chi connectivity index (χ1) is 14.5. The molecule has 0 amide bonds.